The van der Waals surface area contributed by atoms with Gasteiger partial charge in [-0.25, -0.2) is 9.00 Å². The van der Waals surface area contributed by atoms with Crippen LogP contribution in [0.4, 0.5) is 0 Å². The van der Waals surface area contributed by atoms with Gasteiger partial charge < -0.3 is 9.54 Å². The first-order valence-corrected chi connectivity index (χ1v) is 5.63. The maximum atomic E-state index is 10.7. The molecule has 0 radical (unpaired) electrons. The Morgan fingerprint density at radius 2 is 2.07 bits per heavy atom. The number of H-pyrrole nitrogens is 2. The summed E-state index contributed by atoms with van der Waals surface area (Å²) in [6, 6.07) is 1.00. The first-order valence-electron chi connectivity index (χ1n) is 3.29. The molecule has 0 aromatic carbocycles. The van der Waals surface area contributed by atoms with Crippen LogP contribution in [0.15, 0.2) is 15.7 Å². The van der Waals surface area contributed by atoms with Crippen LogP contribution in [0.1, 0.15) is 5.69 Å². The molecule has 0 saturated carbocycles. The van der Waals surface area contributed by atoms with E-state index in [1.165, 1.54) is 0 Å². The van der Waals surface area contributed by atoms with Crippen molar-refractivity contribution >= 4 is 20.2 Å². The van der Waals surface area contributed by atoms with Crippen molar-refractivity contribution in [2.75, 3.05) is 0 Å². The van der Waals surface area contributed by atoms with Gasteiger partial charge in [0.15, 0.2) is 0 Å². The van der Waals surface area contributed by atoms with Crippen molar-refractivity contribution in [2.45, 2.75) is 6.61 Å². The van der Waals surface area contributed by atoms with Gasteiger partial charge in [0, 0.05) is 6.07 Å². The Bertz CT molecular complexity index is 505. The van der Waals surface area contributed by atoms with Gasteiger partial charge in [-0.3, -0.25) is 14.0 Å². The van der Waals surface area contributed by atoms with E-state index in [0.717, 1.165) is 6.07 Å². The van der Waals surface area contributed by atoms with Crippen LogP contribution < -0.4 is 40.8 Å². The van der Waals surface area contributed by atoms with Crippen LogP contribution in [0, 0.1) is 0 Å². The Morgan fingerprint density at radius 1 is 1.47 bits per heavy atom. The quantitative estimate of drug-likeness (QED) is 0.528. The van der Waals surface area contributed by atoms with Gasteiger partial charge in [0.05, 0.1) is 14.7 Å². The molecule has 0 aliphatic rings. The Hall–Kier alpha value is -0.0300. The molecule has 0 aliphatic carbocycles. The summed E-state index contributed by atoms with van der Waals surface area (Å²) < 4.78 is 25.0. The zero-order valence-electron chi connectivity index (χ0n) is 7.64. The van der Waals surface area contributed by atoms with Gasteiger partial charge in [0.25, 0.3) is 5.56 Å². The van der Waals surface area contributed by atoms with Crippen LogP contribution in [0.25, 0.3) is 0 Å². The van der Waals surface area contributed by atoms with E-state index >= 15 is 0 Å². The van der Waals surface area contributed by atoms with Gasteiger partial charge in [-0.2, -0.15) is 0 Å². The molecule has 2 N–H and O–H groups in total. The second-order valence-electron chi connectivity index (χ2n) is 2.28. The molecule has 0 spiro atoms. The molecule has 7 nitrogen and oxygen atoms in total. The molecule has 1 aromatic heterocycles. The van der Waals surface area contributed by atoms with Crippen molar-refractivity contribution < 1.29 is 42.5 Å². The van der Waals surface area contributed by atoms with Crippen molar-refractivity contribution in [3.8, 4) is 0 Å². The minimum Gasteiger partial charge on any atom is -0.748 e. The maximum absolute atomic E-state index is 10.7. The van der Waals surface area contributed by atoms with Crippen LogP contribution >= 0.6 is 0 Å². The summed E-state index contributed by atoms with van der Waals surface area (Å²) in [5, 5.41) is 0. The summed E-state index contributed by atoms with van der Waals surface area (Å²) in [7, 11) is -4.00. The van der Waals surface area contributed by atoms with E-state index < -0.39 is 26.9 Å². The van der Waals surface area contributed by atoms with Gasteiger partial charge in [0.2, 0.25) is 0 Å². The number of hydrogen-bond acceptors (Lipinski definition) is 6. The molecule has 1 rings (SSSR count). The predicted octanol–water partition coefficient (Wildman–Crippen LogP) is -4.62. The molecular weight excluding hydrogens is 255 g/mol. The van der Waals surface area contributed by atoms with Crippen LogP contribution in [0.2, 0.25) is 0 Å². The van der Waals surface area contributed by atoms with Crippen molar-refractivity contribution in [3.05, 3.63) is 32.6 Å². The van der Waals surface area contributed by atoms with E-state index in [1.807, 2.05) is 4.98 Å². The molecule has 1 aromatic rings. The number of aromatic amines is 2. The SMILES string of the molecule is O=c1cc(COS(=O)([O-])=S)[nH]c(=O)[nH]1.[Na+]. The number of nitrogens with one attached hydrogen (secondary N) is 2. The Kier molecular flexibility index (Phi) is 5.88. The van der Waals surface area contributed by atoms with Gasteiger partial charge in [-0.1, -0.05) is 0 Å². The van der Waals surface area contributed by atoms with Gasteiger partial charge in [-0.15, -0.1) is 0 Å². The van der Waals surface area contributed by atoms with Crippen LogP contribution in [0.5, 0.6) is 0 Å². The van der Waals surface area contributed by atoms with E-state index in [2.05, 4.69) is 20.4 Å². The molecule has 1 heterocycles. The standard InChI is InChI=1S/C5H6N2O5S2.Na/c8-4-1-3(6-5(9)7-4)2-12-14(10,11)13;/h1H,2H2,(H,10,11,13)(H2,6,7,8,9);/q;+1/p-1. The molecule has 1 atom stereocenters. The van der Waals surface area contributed by atoms with Gasteiger partial charge >= 0.3 is 35.2 Å². The molecule has 0 fully saturated rings. The van der Waals surface area contributed by atoms with E-state index in [-0.39, 0.29) is 35.3 Å². The maximum Gasteiger partial charge on any atom is 1.00 e. The van der Waals surface area contributed by atoms with Crippen LogP contribution in [0.3, 0.4) is 0 Å². The third kappa shape index (κ3) is 6.20. The fourth-order valence-electron chi connectivity index (χ4n) is 0.733. The average Bonchev–Trinajstić information content (AvgIpc) is 1.97. The second-order valence-corrected chi connectivity index (χ2v) is 4.56. The van der Waals surface area contributed by atoms with Crippen molar-refractivity contribution in [1.82, 2.24) is 9.97 Å². The summed E-state index contributed by atoms with van der Waals surface area (Å²) >= 11 is 3.92. The molecule has 10 heteroatoms. The molecule has 0 aliphatic heterocycles. The van der Waals surface area contributed by atoms with Crippen LogP contribution in [-0.4, -0.2) is 18.7 Å². The monoisotopic (exact) mass is 260 g/mol. The van der Waals surface area contributed by atoms with Crippen LogP contribution in [-0.2, 0) is 31.0 Å². The van der Waals surface area contributed by atoms with Gasteiger partial charge in [0.1, 0.15) is 6.61 Å². The third-order valence-electron chi connectivity index (χ3n) is 1.17. The fraction of sp³-hybridized carbons (Fsp3) is 0.200. The minimum atomic E-state index is -4.00. The first-order chi connectivity index (χ1) is 6.37. The Morgan fingerprint density at radius 3 is 2.53 bits per heavy atom. The molecular formula is C5H5N2NaO5S2. The Labute approximate surface area is 111 Å². The molecule has 1 unspecified atom stereocenters. The van der Waals surface area contributed by atoms with E-state index in [1.54, 1.807) is 0 Å². The normalized spacial score (nSPS) is 13.9. The van der Waals surface area contributed by atoms with Crippen molar-refractivity contribution in [2.24, 2.45) is 0 Å². The van der Waals surface area contributed by atoms with Crippen molar-refractivity contribution in [3.63, 3.8) is 0 Å². The third-order valence-corrected chi connectivity index (χ3v) is 1.87. The summed E-state index contributed by atoms with van der Waals surface area (Å²) in [5.41, 5.74) is -1.35. The average molecular weight is 260 g/mol. The number of hydrogen-bond donors (Lipinski definition) is 2. The number of rotatable bonds is 3. The molecule has 0 bridgehead atoms. The summed E-state index contributed by atoms with van der Waals surface area (Å²) in [6.45, 7) is -0.467. The number of aromatic nitrogens is 2. The molecule has 15 heavy (non-hydrogen) atoms. The first kappa shape index (κ1) is 15.0. The molecule has 78 valence electrons. The largest absolute Gasteiger partial charge is 1.00 e. The van der Waals surface area contributed by atoms with E-state index in [0.29, 0.717) is 0 Å². The van der Waals surface area contributed by atoms with Crippen molar-refractivity contribution in [1.29, 1.82) is 0 Å². The summed E-state index contributed by atoms with van der Waals surface area (Å²) in [6.07, 6.45) is 0. The molecule has 0 saturated heterocycles. The predicted molar refractivity (Wildman–Crippen MR) is 48.8 cm³/mol. The minimum absolute atomic E-state index is 0. The molecule has 0 amide bonds. The topological polar surface area (TPSA) is 115 Å². The summed E-state index contributed by atoms with van der Waals surface area (Å²) in [4.78, 5) is 25.5. The smallest absolute Gasteiger partial charge is 0.748 e. The summed E-state index contributed by atoms with van der Waals surface area (Å²) in [5.74, 6) is 0. The zero-order valence-corrected chi connectivity index (χ0v) is 11.3. The Balaban J connectivity index is 0.00000196. The van der Waals surface area contributed by atoms with E-state index in [9.17, 15) is 18.4 Å². The van der Waals surface area contributed by atoms with E-state index in [4.69, 9.17) is 0 Å². The zero-order chi connectivity index (χ0) is 10.8. The second kappa shape index (κ2) is 5.89. The van der Waals surface area contributed by atoms with Gasteiger partial charge in [-0.05, 0) is 11.2 Å². The fourth-order valence-corrected chi connectivity index (χ4v) is 1.15.